The quantitative estimate of drug-likeness (QED) is 0.667. The fourth-order valence-electron chi connectivity index (χ4n) is 3.40. The van der Waals surface area contributed by atoms with Gasteiger partial charge in [0.15, 0.2) is 0 Å². The Morgan fingerprint density at radius 1 is 1.06 bits per heavy atom. The fraction of sp³-hybridized carbons (Fsp3) is 0.455. The van der Waals surface area contributed by atoms with Gasteiger partial charge in [-0.05, 0) is 29.2 Å². The molecule has 0 spiro atoms. The molecule has 0 N–H and O–H groups in total. The van der Waals surface area contributed by atoms with Crippen molar-refractivity contribution >= 4 is 30.2 Å². The normalized spacial score (nSPS) is 35.1. The van der Waals surface area contributed by atoms with Crippen molar-refractivity contribution in [3.63, 3.8) is 0 Å². The number of halogens is 5. The molecule has 0 radical (unpaired) electrons. The maximum absolute atomic E-state index is 12.8. The van der Waals surface area contributed by atoms with Crippen LogP contribution >= 0.6 is 23.2 Å². The lowest BCUT2D eigenvalue weighted by atomic mass is 9.23. The molecule has 6 heteroatoms. The first-order valence-electron chi connectivity index (χ1n) is 5.43. The van der Waals surface area contributed by atoms with Crippen molar-refractivity contribution in [1.82, 2.24) is 0 Å². The van der Waals surface area contributed by atoms with Crippen molar-refractivity contribution in [3.8, 4) is 0 Å². The van der Waals surface area contributed by atoms with Crippen molar-refractivity contribution in [1.29, 1.82) is 0 Å². The summed E-state index contributed by atoms with van der Waals surface area (Å²) in [6, 6.07) is 5.02. The predicted molar refractivity (Wildman–Crippen MR) is 63.8 cm³/mol. The van der Waals surface area contributed by atoms with Gasteiger partial charge in [-0.3, -0.25) is 0 Å². The number of benzene rings is 1. The van der Waals surface area contributed by atoms with E-state index in [1.54, 1.807) is 18.2 Å². The van der Waals surface area contributed by atoms with E-state index in [0.29, 0.717) is 10.0 Å². The van der Waals surface area contributed by atoms with Crippen LogP contribution in [-0.4, -0.2) is 6.98 Å². The van der Waals surface area contributed by atoms with Crippen LogP contribution in [0.25, 0.3) is 0 Å². The zero-order valence-corrected chi connectivity index (χ0v) is 10.3. The molecule has 0 aliphatic heterocycles. The molecule has 2 bridgehead atoms. The van der Waals surface area contributed by atoms with E-state index < -0.39 is 12.3 Å². The van der Waals surface area contributed by atoms with Crippen LogP contribution < -0.4 is 0 Å². The largest absolute Gasteiger partial charge is 0.484 e. The molecule has 1 aromatic rings. The van der Waals surface area contributed by atoms with Gasteiger partial charge in [-0.15, -0.1) is 0 Å². The van der Waals surface area contributed by atoms with Crippen LogP contribution in [0.2, 0.25) is 15.4 Å². The number of rotatable bonds is 2. The molecular weight excluding hydrogens is 271 g/mol. The Morgan fingerprint density at radius 2 is 1.65 bits per heavy atom. The van der Waals surface area contributed by atoms with Gasteiger partial charge in [0.05, 0.1) is 0 Å². The lowest BCUT2D eigenvalue weighted by Crippen LogP contribution is -2.67. The summed E-state index contributed by atoms with van der Waals surface area (Å²) in [7, 11) is 0. The molecule has 0 atom stereocenters. The van der Waals surface area contributed by atoms with E-state index in [9.17, 15) is 12.9 Å². The van der Waals surface area contributed by atoms with E-state index >= 15 is 0 Å². The zero-order valence-electron chi connectivity index (χ0n) is 8.82. The van der Waals surface area contributed by atoms with Crippen LogP contribution in [0.5, 0.6) is 0 Å². The molecule has 0 amide bonds. The second-order valence-electron chi connectivity index (χ2n) is 5.37. The summed E-state index contributed by atoms with van der Waals surface area (Å²) in [5.41, 5.74) is 0.424. The second-order valence-corrected chi connectivity index (χ2v) is 6.22. The van der Waals surface area contributed by atoms with Gasteiger partial charge in [0.1, 0.15) is 0 Å². The Labute approximate surface area is 107 Å². The predicted octanol–water partition coefficient (Wildman–Crippen LogP) is 5.02. The summed E-state index contributed by atoms with van der Waals surface area (Å²) in [5, 5.41) is -0.330. The summed E-state index contributed by atoms with van der Waals surface area (Å²) in [5.74, 6) is 0. The summed E-state index contributed by atoms with van der Waals surface area (Å²) < 4.78 is 38.4. The fourth-order valence-corrected chi connectivity index (χ4v) is 3.89. The Balaban J connectivity index is 1.89. The highest BCUT2D eigenvalue weighted by Crippen LogP contribution is 2.83. The molecule has 3 fully saturated rings. The topological polar surface area (TPSA) is 0 Å². The number of hydrogen-bond acceptors (Lipinski definition) is 0. The molecule has 3 aliphatic carbocycles. The Bertz CT molecular complexity index is 478. The Kier molecular flexibility index (Phi) is 2.18. The zero-order chi connectivity index (χ0) is 12.5. The lowest BCUT2D eigenvalue weighted by Gasteiger charge is -2.75. The summed E-state index contributed by atoms with van der Waals surface area (Å²) in [4.78, 5) is 0. The summed E-state index contributed by atoms with van der Waals surface area (Å²) in [6.07, 6.45) is 0.552. The van der Waals surface area contributed by atoms with Gasteiger partial charge in [-0.2, -0.15) is 0 Å². The monoisotopic (exact) mass is 279 g/mol. The maximum Gasteiger partial charge on any atom is 0.484 e. The summed E-state index contributed by atoms with van der Waals surface area (Å²) in [6.45, 7) is -4.73. The van der Waals surface area contributed by atoms with Gasteiger partial charge in [0.25, 0.3) is 0 Å². The molecule has 4 rings (SSSR count). The van der Waals surface area contributed by atoms with E-state index in [1.165, 1.54) is 0 Å². The van der Waals surface area contributed by atoms with E-state index in [1.807, 2.05) is 0 Å². The standard InChI is InChI=1S/C11H9BCl2F3/c13-7-1-2-9(14)8(3-7)10-4-11(5-10,6-10)12(15,16)17/h1-3H,4-6H2/q-1. The molecule has 3 saturated carbocycles. The third-order valence-electron chi connectivity index (χ3n) is 4.27. The smallest absolute Gasteiger partial charge is 0.449 e. The second kappa shape index (κ2) is 3.15. The molecule has 0 unspecified atom stereocenters. The van der Waals surface area contributed by atoms with Gasteiger partial charge in [0, 0.05) is 10.0 Å². The molecule has 0 heterocycles. The summed E-state index contributed by atoms with van der Waals surface area (Å²) >= 11 is 11.9. The molecule has 0 saturated heterocycles. The van der Waals surface area contributed by atoms with E-state index in [-0.39, 0.29) is 24.7 Å². The van der Waals surface area contributed by atoms with Crippen molar-refractivity contribution in [3.05, 3.63) is 33.8 Å². The van der Waals surface area contributed by atoms with Gasteiger partial charge in [-0.1, -0.05) is 47.8 Å². The van der Waals surface area contributed by atoms with Gasteiger partial charge in [0.2, 0.25) is 0 Å². The van der Waals surface area contributed by atoms with Crippen molar-refractivity contribution in [2.24, 2.45) is 0 Å². The van der Waals surface area contributed by atoms with Gasteiger partial charge < -0.3 is 12.9 Å². The van der Waals surface area contributed by atoms with Crippen LogP contribution in [0.4, 0.5) is 12.9 Å². The molecule has 92 valence electrons. The molecule has 0 aromatic heterocycles. The van der Waals surface area contributed by atoms with Crippen LogP contribution in [0.15, 0.2) is 18.2 Å². The third-order valence-corrected chi connectivity index (χ3v) is 4.83. The first-order chi connectivity index (χ1) is 7.78. The van der Waals surface area contributed by atoms with E-state index in [0.717, 1.165) is 5.56 Å². The maximum atomic E-state index is 12.8. The highest BCUT2D eigenvalue weighted by molar-refractivity contribution is 6.63. The van der Waals surface area contributed by atoms with Gasteiger partial charge >= 0.3 is 6.98 Å². The average molecular weight is 280 g/mol. The number of hydrogen-bond donors (Lipinski definition) is 0. The first kappa shape index (κ1) is 11.7. The average Bonchev–Trinajstić information content (AvgIpc) is 2.03. The highest BCUT2D eigenvalue weighted by Gasteiger charge is 2.74. The van der Waals surface area contributed by atoms with Crippen molar-refractivity contribution in [2.45, 2.75) is 30.0 Å². The van der Waals surface area contributed by atoms with Crippen LogP contribution in [0, 0.1) is 0 Å². The van der Waals surface area contributed by atoms with Crippen molar-refractivity contribution in [2.75, 3.05) is 0 Å². The molecule has 0 nitrogen and oxygen atoms in total. The molecular formula is C11H9BCl2F3-. The Hall–Kier alpha value is -0.345. The van der Waals surface area contributed by atoms with Crippen molar-refractivity contribution < 1.29 is 12.9 Å². The Morgan fingerprint density at radius 3 is 2.18 bits per heavy atom. The van der Waals surface area contributed by atoms with Crippen LogP contribution in [0.1, 0.15) is 24.8 Å². The van der Waals surface area contributed by atoms with Gasteiger partial charge in [-0.25, -0.2) is 0 Å². The van der Waals surface area contributed by atoms with E-state index in [2.05, 4.69) is 0 Å². The van der Waals surface area contributed by atoms with Crippen LogP contribution in [-0.2, 0) is 5.41 Å². The minimum Gasteiger partial charge on any atom is -0.449 e. The lowest BCUT2D eigenvalue weighted by molar-refractivity contribution is -0.0399. The highest BCUT2D eigenvalue weighted by atomic mass is 35.5. The first-order valence-corrected chi connectivity index (χ1v) is 6.19. The van der Waals surface area contributed by atoms with Crippen LogP contribution in [0.3, 0.4) is 0 Å². The SMILES string of the molecule is F[B-](F)(F)C12CC(c3cc(Cl)ccc3Cl)(C1)C2. The minimum atomic E-state index is -4.73. The molecule has 3 aliphatic rings. The minimum absolute atomic E-state index is 0.184. The molecule has 17 heavy (non-hydrogen) atoms. The van der Waals surface area contributed by atoms with E-state index in [4.69, 9.17) is 23.2 Å². The molecule has 1 aromatic carbocycles. The third kappa shape index (κ3) is 1.40.